The van der Waals surface area contributed by atoms with Gasteiger partial charge in [-0.05, 0) is 49.2 Å². The summed E-state index contributed by atoms with van der Waals surface area (Å²) in [7, 11) is 0. The average Bonchev–Trinajstić information content (AvgIpc) is 3.38. The van der Waals surface area contributed by atoms with E-state index < -0.39 is 46.0 Å². The molecule has 0 saturated carbocycles. The molecule has 0 radical (unpaired) electrons. The van der Waals surface area contributed by atoms with Crippen molar-refractivity contribution in [3.63, 3.8) is 0 Å². The fourth-order valence-corrected chi connectivity index (χ4v) is 5.57. The van der Waals surface area contributed by atoms with Crippen LogP contribution in [0.15, 0.2) is 59.0 Å². The molecule has 0 bridgehead atoms. The van der Waals surface area contributed by atoms with Crippen LogP contribution in [-0.4, -0.2) is 28.8 Å². The van der Waals surface area contributed by atoms with Crippen LogP contribution in [0.25, 0.3) is 32.6 Å². The van der Waals surface area contributed by atoms with E-state index in [4.69, 9.17) is 9.52 Å². The maximum Gasteiger partial charge on any atom is 0.380 e. The first-order chi connectivity index (χ1) is 16.8. The summed E-state index contributed by atoms with van der Waals surface area (Å²) in [6.45, 7) is 2.64. The second-order valence-corrected chi connectivity index (χ2v) is 9.72. The highest BCUT2D eigenvalue weighted by Crippen LogP contribution is 2.66. The van der Waals surface area contributed by atoms with Gasteiger partial charge in [0.1, 0.15) is 11.3 Å². The Morgan fingerprint density at radius 1 is 0.889 bits per heavy atom. The molecule has 2 heterocycles. The molecule has 0 spiro atoms. The van der Waals surface area contributed by atoms with Gasteiger partial charge in [0, 0.05) is 31.9 Å². The minimum atomic E-state index is -5.69. The molecule has 10 heteroatoms. The maximum atomic E-state index is 15.3. The highest BCUT2D eigenvalue weighted by Gasteiger charge is 2.80. The van der Waals surface area contributed by atoms with E-state index >= 15 is 17.6 Å². The molecule has 0 amide bonds. The predicted molar refractivity (Wildman–Crippen MR) is 124 cm³/mol. The van der Waals surface area contributed by atoms with Crippen LogP contribution in [0.2, 0.25) is 0 Å². The van der Waals surface area contributed by atoms with Crippen LogP contribution in [0.5, 0.6) is 0 Å². The molecular formula is C26H16F6O3S. The van der Waals surface area contributed by atoms with Crippen molar-refractivity contribution < 1.29 is 40.7 Å². The van der Waals surface area contributed by atoms with Crippen molar-refractivity contribution in [1.82, 2.24) is 0 Å². The van der Waals surface area contributed by atoms with E-state index in [1.165, 1.54) is 56.3 Å². The molecule has 0 atom stereocenters. The molecule has 0 saturated heterocycles. The monoisotopic (exact) mass is 522 g/mol. The van der Waals surface area contributed by atoms with Crippen LogP contribution in [0, 0.1) is 13.8 Å². The molecule has 186 valence electrons. The van der Waals surface area contributed by atoms with Gasteiger partial charge in [-0.3, -0.25) is 0 Å². The molecule has 4 aromatic rings. The number of alkyl halides is 6. The second-order valence-electron chi connectivity index (χ2n) is 8.47. The van der Waals surface area contributed by atoms with E-state index in [1.807, 2.05) is 0 Å². The summed E-state index contributed by atoms with van der Waals surface area (Å²) in [5.41, 5.74) is -3.32. The molecule has 3 nitrogen and oxygen atoms in total. The zero-order valence-electron chi connectivity index (χ0n) is 18.6. The fraction of sp³-hybridized carbons (Fsp3) is 0.192. The summed E-state index contributed by atoms with van der Waals surface area (Å²) >= 11 is 0.949. The maximum absolute atomic E-state index is 15.3. The molecule has 1 aliphatic rings. The number of aromatic carboxylic acids is 1. The van der Waals surface area contributed by atoms with Crippen molar-refractivity contribution in [2.75, 3.05) is 0 Å². The van der Waals surface area contributed by atoms with E-state index in [-0.39, 0.29) is 27.2 Å². The number of carboxylic acid groups (broad SMARTS) is 1. The molecule has 5 rings (SSSR count). The largest absolute Gasteiger partial charge is 0.478 e. The number of hydrogen-bond acceptors (Lipinski definition) is 3. The number of para-hydroxylation sites is 1. The minimum Gasteiger partial charge on any atom is -0.478 e. The first-order valence-corrected chi connectivity index (χ1v) is 11.4. The molecule has 36 heavy (non-hydrogen) atoms. The summed E-state index contributed by atoms with van der Waals surface area (Å²) in [5.74, 6) is -17.4. The van der Waals surface area contributed by atoms with Gasteiger partial charge in [-0.15, -0.1) is 11.3 Å². The van der Waals surface area contributed by atoms with Crippen LogP contribution in [-0.2, 0) is 0 Å². The van der Waals surface area contributed by atoms with Gasteiger partial charge in [-0.2, -0.15) is 26.3 Å². The lowest BCUT2D eigenvalue weighted by atomic mass is 9.93. The summed E-state index contributed by atoms with van der Waals surface area (Å²) in [6, 6.07) is 12.4. The van der Waals surface area contributed by atoms with Gasteiger partial charge in [0.05, 0.1) is 5.56 Å². The van der Waals surface area contributed by atoms with Crippen LogP contribution in [0.3, 0.4) is 0 Å². The number of carbonyl (C=O) groups is 1. The lowest BCUT2D eigenvalue weighted by Crippen LogP contribution is -2.48. The normalized spacial score (nSPS) is 18.2. The van der Waals surface area contributed by atoms with Crippen molar-refractivity contribution in [1.29, 1.82) is 0 Å². The number of hydrogen-bond donors (Lipinski definition) is 1. The Labute approximate surface area is 204 Å². The predicted octanol–water partition coefficient (Wildman–Crippen LogP) is 8.31. The number of rotatable bonds is 4. The van der Waals surface area contributed by atoms with Gasteiger partial charge in [-0.1, -0.05) is 30.3 Å². The SMILES string of the molecule is Cc1oc2ccccc2c1C1=C(c2cc(-c3ccc(C(=O)O)cc3)sc2C)C(F)(F)C(F)(F)C1(F)F. The standard InChI is InChI=1S/C26H16F6O3S/c1-12-20(16-5-3-4-6-18(16)35-12)22-21(24(27,28)26(31,32)25(22,29)30)17-11-19(36-13(17)2)14-7-9-15(10-8-14)23(33)34/h3-11H,1-2H3,(H,33,34). The summed E-state index contributed by atoms with van der Waals surface area (Å²) in [6.07, 6.45) is 0. The molecule has 2 aromatic heterocycles. The molecule has 0 unspecified atom stereocenters. The quantitative estimate of drug-likeness (QED) is 0.274. The molecule has 2 aromatic carbocycles. The first kappa shape index (κ1) is 24.2. The van der Waals surface area contributed by atoms with E-state index in [0.29, 0.717) is 10.4 Å². The lowest BCUT2D eigenvalue weighted by Gasteiger charge is -2.25. The Kier molecular flexibility index (Phi) is 5.19. The van der Waals surface area contributed by atoms with Gasteiger partial charge >= 0.3 is 23.7 Å². The Hall–Kier alpha value is -3.53. The molecule has 1 aliphatic carbocycles. The minimum absolute atomic E-state index is 0.0128. The lowest BCUT2D eigenvalue weighted by molar-refractivity contribution is -0.254. The van der Waals surface area contributed by atoms with Crippen molar-refractivity contribution in [2.24, 2.45) is 0 Å². The third-order valence-electron chi connectivity index (χ3n) is 6.29. The number of thiophene rings is 1. The van der Waals surface area contributed by atoms with Crippen LogP contribution in [0.4, 0.5) is 26.3 Å². The zero-order chi connectivity index (χ0) is 26.2. The average molecular weight is 522 g/mol. The molecular weight excluding hydrogens is 506 g/mol. The topological polar surface area (TPSA) is 50.4 Å². The van der Waals surface area contributed by atoms with Crippen LogP contribution in [0.1, 0.15) is 32.1 Å². The number of allylic oxidation sites excluding steroid dienone is 2. The van der Waals surface area contributed by atoms with E-state index in [1.54, 1.807) is 6.07 Å². The Bertz CT molecular complexity index is 1560. The van der Waals surface area contributed by atoms with Crippen LogP contribution >= 0.6 is 11.3 Å². The Morgan fingerprint density at radius 2 is 1.50 bits per heavy atom. The molecule has 0 fully saturated rings. The van der Waals surface area contributed by atoms with Gasteiger partial charge < -0.3 is 9.52 Å². The number of halogens is 6. The van der Waals surface area contributed by atoms with Crippen molar-refractivity contribution in [3.05, 3.63) is 81.9 Å². The van der Waals surface area contributed by atoms with E-state index in [9.17, 15) is 13.6 Å². The number of fused-ring (bicyclic) bond motifs is 1. The number of aryl methyl sites for hydroxylation is 2. The van der Waals surface area contributed by atoms with E-state index in [2.05, 4.69) is 0 Å². The highest BCUT2D eigenvalue weighted by atomic mass is 32.1. The van der Waals surface area contributed by atoms with Gasteiger partial charge in [0.2, 0.25) is 0 Å². The van der Waals surface area contributed by atoms with Crippen molar-refractivity contribution in [3.8, 4) is 10.4 Å². The van der Waals surface area contributed by atoms with E-state index in [0.717, 1.165) is 17.4 Å². The summed E-state index contributed by atoms with van der Waals surface area (Å²) in [4.78, 5) is 11.6. The smallest absolute Gasteiger partial charge is 0.380 e. The second kappa shape index (κ2) is 7.73. The van der Waals surface area contributed by atoms with Crippen molar-refractivity contribution in [2.45, 2.75) is 31.6 Å². The zero-order valence-corrected chi connectivity index (χ0v) is 19.5. The Balaban J connectivity index is 1.80. The summed E-state index contributed by atoms with van der Waals surface area (Å²) in [5, 5.41) is 9.10. The van der Waals surface area contributed by atoms with Gasteiger partial charge in [-0.25, -0.2) is 4.79 Å². The number of furan rings is 1. The molecule has 0 aliphatic heterocycles. The fourth-order valence-electron chi connectivity index (χ4n) is 4.54. The number of carboxylic acids is 1. The first-order valence-electron chi connectivity index (χ1n) is 10.6. The van der Waals surface area contributed by atoms with Gasteiger partial charge in [0.25, 0.3) is 0 Å². The highest BCUT2D eigenvalue weighted by molar-refractivity contribution is 7.15. The molecule has 1 N–H and O–H groups in total. The third-order valence-corrected chi connectivity index (χ3v) is 7.39. The third kappa shape index (κ3) is 3.16. The van der Waals surface area contributed by atoms with Crippen molar-refractivity contribution >= 4 is 39.4 Å². The van der Waals surface area contributed by atoms with Gasteiger partial charge in [0.15, 0.2) is 0 Å². The van der Waals surface area contributed by atoms with Crippen LogP contribution < -0.4 is 0 Å². The summed E-state index contributed by atoms with van der Waals surface area (Å²) < 4.78 is 96.2. The number of benzene rings is 2. The Morgan fingerprint density at radius 3 is 2.14 bits per heavy atom.